The quantitative estimate of drug-likeness (QED) is 0.633. The maximum atomic E-state index is 14.3. The third kappa shape index (κ3) is 3.22. The van der Waals surface area contributed by atoms with Crippen molar-refractivity contribution in [1.82, 2.24) is 0 Å². The third-order valence-electron chi connectivity index (χ3n) is 10.2. The van der Waals surface area contributed by atoms with Crippen LogP contribution in [0.1, 0.15) is 91.4 Å². The van der Waals surface area contributed by atoms with Crippen molar-refractivity contribution in [2.24, 2.45) is 46.3 Å². The molecule has 0 aromatic heterocycles. The Hall–Kier alpha value is -0.640. The van der Waals surface area contributed by atoms with Crippen molar-refractivity contribution in [3.05, 3.63) is 0 Å². The van der Waals surface area contributed by atoms with E-state index in [-0.39, 0.29) is 11.8 Å². The van der Waals surface area contributed by atoms with Crippen LogP contribution < -0.4 is 0 Å². The van der Waals surface area contributed by atoms with Gasteiger partial charge in [0.25, 0.3) is 0 Å². The highest BCUT2D eigenvalue weighted by Crippen LogP contribution is 2.68. The highest BCUT2D eigenvalue weighted by Gasteiger charge is 2.61. The zero-order valence-corrected chi connectivity index (χ0v) is 17.9. The second kappa shape index (κ2) is 6.96. The van der Waals surface area contributed by atoms with Crippen molar-refractivity contribution < 1.29 is 19.4 Å². The average molecular weight is 395 g/mol. The van der Waals surface area contributed by atoms with E-state index in [9.17, 15) is 14.3 Å². The lowest BCUT2D eigenvalue weighted by molar-refractivity contribution is -0.194. The molecule has 0 radical (unpaired) electrons. The van der Waals surface area contributed by atoms with Crippen LogP contribution in [0.25, 0.3) is 0 Å². The first-order valence-electron chi connectivity index (χ1n) is 11.7. The van der Waals surface area contributed by atoms with Crippen LogP contribution in [-0.4, -0.2) is 22.0 Å². The molecule has 0 heterocycles. The minimum absolute atomic E-state index is 0.190. The Labute approximate surface area is 169 Å². The van der Waals surface area contributed by atoms with Crippen molar-refractivity contribution >= 4 is 5.97 Å². The molecule has 0 amide bonds. The van der Waals surface area contributed by atoms with E-state index in [4.69, 9.17) is 5.11 Å². The Morgan fingerprint density at radius 3 is 2.46 bits per heavy atom. The molecule has 160 valence electrons. The summed E-state index contributed by atoms with van der Waals surface area (Å²) in [5, 5.41) is 19.1. The fourth-order valence-electron chi connectivity index (χ4n) is 8.73. The number of fused-ring (bicyclic) bond motifs is 5. The lowest BCUT2D eigenvalue weighted by Gasteiger charge is -2.61. The van der Waals surface area contributed by atoms with E-state index in [1.807, 2.05) is 0 Å². The van der Waals surface area contributed by atoms with Crippen LogP contribution in [0.4, 0.5) is 4.39 Å². The van der Waals surface area contributed by atoms with Crippen molar-refractivity contribution in [2.75, 3.05) is 0 Å². The number of aliphatic hydroxyl groups is 1. The van der Waals surface area contributed by atoms with Gasteiger partial charge in [-0.05, 0) is 97.7 Å². The molecule has 4 heteroatoms. The zero-order chi connectivity index (χ0) is 20.3. The van der Waals surface area contributed by atoms with Crippen LogP contribution in [0.3, 0.4) is 0 Å². The number of carbonyl (C=O) groups is 1. The maximum Gasteiger partial charge on any atom is 0.303 e. The topological polar surface area (TPSA) is 57.5 Å². The molecule has 0 aliphatic heterocycles. The number of hydrogen-bond donors (Lipinski definition) is 2. The third-order valence-corrected chi connectivity index (χ3v) is 10.2. The minimum atomic E-state index is -1.95. The van der Waals surface area contributed by atoms with Gasteiger partial charge >= 0.3 is 5.97 Å². The molecule has 0 bridgehead atoms. The number of hydrogen-bond acceptors (Lipinski definition) is 2. The van der Waals surface area contributed by atoms with Crippen LogP contribution in [0.5, 0.6) is 0 Å². The second-order valence-corrected chi connectivity index (χ2v) is 11.4. The van der Waals surface area contributed by atoms with Gasteiger partial charge in [0.15, 0.2) is 0 Å². The summed E-state index contributed by atoms with van der Waals surface area (Å²) in [6.45, 7) is 7.17. The first kappa shape index (κ1) is 20.6. The van der Waals surface area contributed by atoms with E-state index < -0.39 is 11.8 Å². The lowest BCUT2D eigenvalue weighted by atomic mass is 9.44. The summed E-state index contributed by atoms with van der Waals surface area (Å²) in [4.78, 5) is 11.0. The summed E-state index contributed by atoms with van der Waals surface area (Å²) >= 11 is 0. The Morgan fingerprint density at radius 2 is 1.75 bits per heavy atom. The Bertz CT molecular complexity index is 619. The molecule has 0 saturated heterocycles. The summed E-state index contributed by atoms with van der Waals surface area (Å²) < 4.78 is 14.3. The van der Waals surface area contributed by atoms with Crippen LogP contribution in [-0.2, 0) is 4.79 Å². The number of alkyl halides is 1. The molecule has 4 fully saturated rings. The van der Waals surface area contributed by atoms with Crippen molar-refractivity contribution in [2.45, 2.75) is 97.3 Å². The van der Waals surface area contributed by atoms with Gasteiger partial charge < -0.3 is 10.2 Å². The largest absolute Gasteiger partial charge is 0.481 e. The molecule has 0 spiro atoms. The lowest BCUT2D eigenvalue weighted by Crippen LogP contribution is -2.55. The fraction of sp³-hybridized carbons (Fsp3) is 0.958. The molecular weight excluding hydrogens is 355 g/mol. The molecule has 3 nitrogen and oxygen atoms in total. The SMILES string of the molecule is CC(CCC(=O)O)C1CCC2C3CCC4CC(O)(F)CCC4(C)C3CCC12C. The van der Waals surface area contributed by atoms with E-state index in [0.29, 0.717) is 41.9 Å². The van der Waals surface area contributed by atoms with Crippen molar-refractivity contribution in [3.8, 4) is 0 Å². The number of halogens is 1. The molecule has 4 saturated carbocycles. The maximum absolute atomic E-state index is 14.3. The highest BCUT2D eigenvalue weighted by molar-refractivity contribution is 5.66. The van der Waals surface area contributed by atoms with Gasteiger partial charge in [0.05, 0.1) is 0 Å². The first-order valence-corrected chi connectivity index (χ1v) is 11.7. The van der Waals surface area contributed by atoms with Crippen molar-refractivity contribution in [3.63, 3.8) is 0 Å². The van der Waals surface area contributed by atoms with Gasteiger partial charge in [-0.25, -0.2) is 4.39 Å². The predicted octanol–water partition coefficient (Wildman–Crippen LogP) is 5.80. The molecular formula is C24H39FO3. The molecule has 28 heavy (non-hydrogen) atoms. The monoisotopic (exact) mass is 394 g/mol. The second-order valence-electron chi connectivity index (χ2n) is 11.4. The Balaban J connectivity index is 1.51. The van der Waals surface area contributed by atoms with Gasteiger partial charge in [-0.15, -0.1) is 0 Å². The van der Waals surface area contributed by atoms with Gasteiger partial charge in [0, 0.05) is 19.3 Å². The highest BCUT2D eigenvalue weighted by atomic mass is 19.2. The van der Waals surface area contributed by atoms with Gasteiger partial charge in [-0.1, -0.05) is 20.8 Å². The summed E-state index contributed by atoms with van der Waals surface area (Å²) in [6.07, 6.45) is 9.82. The summed E-state index contributed by atoms with van der Waals surface area (Å²) in [6, 6.07) is 0. The number of rotatable bonds is 4. The fourth-order valence-corrected chi connectivity index (χ4v) is 8.73. The molecule has 4 aliphatic carbocycles. The predicted molar refractivity (Wildman–Crippen MR) is 107 cm³/mol. The molecule has 0 aromatic carbocycles. The van der Waals surface area contributed by atoms with Gasteiger partial charge in [-0.3, -0.25) is 4.79 Å². The smallest absolute Gasteiger partial charge is 0.303 e. The van der Waals surface area contributed by atoms with E-state index >= 15 is 0 Å². The Kier molecular flexibility index (Phi) is 5.13. The van der Waals surface area contributed by atoms with E-state index in [0.717, 1.165) is 31.1 Å². The normalized spacial score (nSPS) is 51.7. The number of carboxylic acid groups (broad SMARTS) is 1. The van der Waals surface area contributed by atoms with Gasteiger partial charge in [-0.2, -0.15) is 0 Å². The van der Waals surface area contributed by atoms with Crippen LogP contribution in [0, 0.1) is 46.3 Å². The van der Waals surface area contributed by atoms with E-state index in [1.54, 1.807) is 0 Å². The van der Waals surface area contributed by atoms with E-state index in [2.05, 4.69) is 20.8 Å². The molecule has 4 aliphatic rings. The molecule has 2 N–H and O–H groups in total. The van der Waals surface area contributed by atoms with E-state index in [1.165, 1.54) is 32.1 Å². The molecule has 4 rings (SSSR count). The first-order chi connectivity index (χ1) is 13.1. The Morgan fingerprint density at radius 1 is 1.04 bits per heavy atom. The average Bonchev–Trinajstić information content (AvgIpc) is 2.97. The summed E-state index contributed by atoms with van der Waals surface area (Å²) in [5.41, 5.74) is 0.535. The summed E-state index contributed by atoms with van der Waals surface area (Å²) in [7, 11) is 0. The molecule has 9 unspecified atom stereocenters. The van der Waals surface area contributed by atoms with Gasteiger partial charge in [0.2, 0.25) is 5.85 Å². The zero-order valence-electron chi connectivity index (χ0n) is 17.9. The number of aliphatic carboxylic acids is 1. The van der Waals surface area contributed by atoms with Crippen LogP contribution in [0.15, 0.2) is 0 Å². The molecule has 0 aromatic rings. The van der Waals surface area contributed by atoms with Crippen LogP contribution in [0.2, 0.25) is 0 Å². The summed E-state index contributed by atoms with van der Waals surface area (Å²) in [5.74, 6) is 0.984. The van der Waals surface area contributed by atoms with Gasteiger partial charge in [0.1, 0.15) is 0 Å². The molecule has 9 atom stereocenters. The van der Waals surface area contributed by atoms with Crippen molar-refractivity contribution in [1.29, 1.82) is 0 Å². The standard InChI is InChI=1S/C24H39FO3/c1-15(4-9-21(26)27)18-7-8-19-17-6-5-16-14-24(25,28)13-12-22(16,2)20(17)10-11-23(18,19)3/h15-20,28H,4-14H2,1-3H3,(H,26,27). The minimum Gasteiger partial charge on any atom is -0.481 e. The van der Waals surface area contributed by atoms with Crippen LogP contribution >= 0.6 is 0 Å². The number of carboxylic acids is 1.